The lowest BCUT2D eigenvalue weighted by molar-refractivity contribution is -0.0970. The number of hydrogen-bond donors (Lipinski definition) is 1. The van der Waals surface area contributed by atoms with E-state index < -0.39 is 0 Å². The van der Waals surface area contributed by atoms with Gasteiger partial charge in [-0.1, -0.05) is 31.4 Å². The molecule has 3 rings (SSSR count). The predicted octanol–water partition coefficient (Wildman–Crippen LogP) is 4.12. The maximum absolute atomic E-state index is 6.18. The SMILES string of the molecule is NCc1ccc(SC2CCOC3(CCCCC3)C2)cc1. The summed E-state index contributed by atoms with van der Waals surface area (Å²) < 4.78 is 6.18. The molecular formula is C17H25NOS. The van der Waals surface area contributed by atoms with Crippen LogP contribution in [0.2, 0.25) is 0 Å². The molecule has 1 saturated heterocycles. The van der Waals surface area contributed by atoms with Gasteiger partial charge in [-0.2, -0.15) is 0 Å². The molecule has 2 aliphatic rings. The number of benzene rings is 1. The number of nitrogens with two attached hydrogens (primary N) is 1. The molecule has 1 atom stereocenters. The Morgan fingerprint density at radius 3 is 2.60 bits per heavy atom. The Morgan fingerprint density at radius 2 is 1.90 bits per heavy atom. The van der Waals surface area contributed by atoms with Crippen LogP contribution in [-0.4, -0.2) is 17.5 Å². The Bertz CT molecular complexity index is 420. The Labute approximate surface area is 126 Å². The number of thioether (sulfide) groups is 1. The van der Waals surface area contributed by atoms with Crippen molar-refractivity contribution < 1.29 is 4.74 Å². The van der Waals surface area contributed by atoms with Crippen LogP contribution in [0.1, 0.15) is 50.5 Å². The molecule has 2 N–H and O–H groups in total. The van der Waals surface area contributed by atoms with Gasteiger partial charge in [0.2, 0.25) is 0 Å². The fourth-order valence-corrected chi connectivity index (χ4v) is 4.80. The fourth-order valence-electron chi connectivity index (χ4n) is 3.52. The smallest absolute Gasteiger partial charge is 0.0693 e. The minimum atomic E-state index is 0.214. The molecule has 2 fully saturated rings. The van der Waals surface area contributed by atoms with E-state index in [1.54, 1.807) is 0 Å². The minimum Gasteiger partial charge on any atom is -0.375 e. The van der Waals surface area contributed by atoms with E-state index in [0.717, 1.165) is 6.61 Å². The van der Waals surface area contributed by atoms with E-state index in [1.165, 1.54) is 55.4 Å². The zero-order valence-electron chi connectivity index (χ0n) is 12.1. The van der Waals surface area contributed by atoms with Crippen LogP contribution in [0.15, 0.2) is 29.2 Å². The summed E-state index contributed by atoms with van der Waals surface area (Å²) in [4.78, 5) is 1.38. The molecule has 110 valence electrons. The number of ether oxygens (including phenoxy) is 1. The first-order valence-corrected chi connectivity index (χ1v) is 8.77. The fraction of sp³-hybridized carbons (Fsp3) is 0.647. The molecule has 20 heavy (non-hydrogen) atoms. The van der Waals surface area contributed by atoms with E-state index in [1.807, 2.05) is 11.8 Å². The van der Waals surface area contributed by atoms with Gasteiger partial charge in [-0.3, -0.25) is 0 Å². The highest BCUT2D eigenvalue weighted by Gasteiger charge is 2.38. The molecule has 1 aliphatic carbocycles. The Morgan fingerprint density at radius 1 is 1.15 bits per heavy atom. The van der Waals surface area contributed by atoms with E-state index in [0.29, 0.717) is 11.8 Å². The van der Waals surface area contributed by atoms with Crippen molar-refractivity contribution in [3.8, 4) is 0 Å². The Kier molecular flexibility index (Phi) is 4.69. The predicted molar refractivity (Wildman–Crippen MR) is 85.0 cm³/mol. The van der Waals surface area contributed by atoms with Crippen molar-refractivity contribution in [2.45, 2.75) is 67.2 Å². The average Bonchev–Trinajstić information content (AvgIpc) is 2.49. The lowest BCUT2D eigenvalue weighted by Crippen LogP contribution is -2.42. The van der Waals surface area contributed by atoms with Crippen molar-refractivity contribution in [1.29, 1.82) is 0 Å². The Hall–Kier alpha value is -0.510. The van der Waals surface area contributed by atoms with Crippen LogP contribution < -0.4 is 5.73 Å². The minimum absolute atomic E-state index is 0.214. The van der Waals surface area contributed by atoms with E-state index in [4.69, 9.17) is 10.5 Å². The first-order chi connectivity index (χ1) is 9.80. The highest BCUT2D eigenvalue weighted by Crippen LogP contribution is 2.43. The van der Waals surface area contributed by atoms with Gasteiger partial charge in [0.15, 0.2) is 0 Å². The van der Waals surface area contributed by atoms with E-state index in [9.17, 15) is 0 Å². The van der Waals surface area contributed by atoms with Crippen LogP contribution in [0.25, 0.3) is 0 Å². The second kappa shape index (κ2) is 6.50. The molecule has 1 spiro atoms. The van der Waals surface area contributed by atoms with Crippen LogP contribution in [0.4, 0.5) is 0 Å². The monoisotopic (exact) mass is 291 g/mol. The highest BCUT2D eigenvalue weighted by atomic mass is 32.2. The maximum atomic E-state index is 6.18. The lowest BCUT2D eigenvalue weighted by atomic mass is 9.80. The molecule has 0 amide bonds. The van der Waals surface area contributed by atoms with Crippen LogP contribution in [0.3, 0.4) is 0 Å². The highest BCUT2D eigenvalue weighted by molar-refractivity contribution is 8.00. The molecule has 1 heterocycles. The quantitative estimate of drug-likeness (QED) is 0.910. The topological polar surface area (TPSA) is 35.2 Å². The molecule has 1 aromatic carbocycles. The van der Waals surface area contributed by atoms with Crippen molar-refractivity contribution in [2.75, 3.05) is 6.61 Å². The van der Waals surface area contributed by atoms with Gasteiger partial charge in [0.05, 0.1) is 5.60 Å². The zero-order chi connectivity index (χ0) is 13.8. The van der Waals surface area contributed by atoms with Gasteiger partial charge in [0.1, 0.15) is 0 Å². The molecule has 1 aromatic rings. The van der Waals surface area contributed by atoms with Crippen molar-refractivity contribution in [1.82, 2.24) is 0 Å². The summed E-state index contributed by atoms with van der Waals surface area (Å²) in [6.07, 6.45) is 9.06. The second-order valence-electron chi connectivity index (χ2n) is 6.17. The molecule has 0 bridgehead atoms. The van der Waals surface area contributed by atoms with E-state index in [-0.39, 0.29) is 5.60 Å². The summed E-state index contributed by atoms with van der Waals surface area (Å²) in [5.41, 5.74) is 7.08. The summed E-state index contributed by atoms with van der Waals surface area (Å²) in [7, 11) is 0. The van der Waals surface area contributed by atoms with Gasteiger partial charge in [0.25, 0.3) is 0 Å². The van der Waals surface area contributed by atoms with Gasteiger partial charge in [0, 0.05) is 23.3 Å². The standard InChI is InChI=1S/C17H25NOS/c18-13-14-4-6-15(7-5-14)20-16-8-11-19-17(12-16)9-2-1-3-10-17/h4-7,16H,1-3,8-13,18H2. The first-order valence-electron chi connectivity index (χ1n) is 7.89. The Balaban J connectivity index is 1.61. The van der Waals surface area contributed by atoms with Gasteiger partial charge in [-0.15, -0.1) is 11.8 Å². The number of hydrogen-bond acceptors (Lipinski definition) is 3. The third-order valence-corrected chi connectivity index (χ3v) is 5.95. The average molecular weight is 291 g/mol. The molecule has 2 nitrogen and oxygen atoms in total. The molecular weight excluding hydrogens is 266 g/mol. The molecule has 1 aliphatic heterocycles. The molecule has 1 unspecified atom stereocenters. The zero-order valence-corrected chi connectivity index (χ0v) is 13.0. The van der Waals surface area contributed by atoms with E-state index in [2.05, 4.69) is 24.3 Å². The third kappa shape index (κ3) is 3.38. The van der Waals surface area contributed by atoms with Crippen LogP contribution in [0.5, 0.6) is 0 Å². The summed E-state index contributed by atoms with van der Waals surface area (Å²) in [6, 6.07) is 8.74. The summed E-state index contributed by atoms with van der Waals surface area (Å²) in [5.74, 6) is 0. The van der Waals surface area contributed by atoms with E-state index >= 15 is 0 Å². The summed E-state index contributed by atoms with van der Waals surface area (Å²) in [5, 5.41) is 0.713. The van der Waals surface area contributed by atoms with Crippen molar-refractivity contribution in [3.63, 3.8) is 0 Å². The normalized spacial score (nSPS) is 25.8. The van der Waals surface area contributed by atoms with Crippen molar-refractivity contribution in [2.24, 2.45) is 5.73 Å². The third-order valence-electron chi connectivity index (χ3n) is 4.67. The molecule has 1 saturated carbocycles. The van der Waals surface area contributed by atoms with Crippen LogP contribution in [0, 0.1) is 0 Å². The molecule has 3 heteroatoms. The molecule has 0 aromatic heterocycles. The lowest BCUT2D eigenvalue weighted by Gasteiger charge is -2.43. The first kappa shape index (κ1) is 14.4. The van der Waals surface area contributed by atoms with Crippen LogP contribution in [-0.2, 0) is 11.3 Å². The van der Waals surface area contributed by atoms with Gasteiger partial charge >= 0.3 is 0 Å². The second-order valence-corrected chi connectivity index (χ2v) is 7.55. The van der Waals surface area contributed by atoms with Crippen molar-refractivity contribution in [3.05, 3.63) is 29.8 Å². The summed E-state index contributed by atoms with van der Waals surface area (Å²) >= 11 is 2.03. The summed E-state index contributed by atoms with van der Waals surface area (Å²) in [6.45, 7) is 1.57. The number of rotatable bonds is 3. The van der Waals surface area contributed by atoms with Gasteiger partial charge in [-0.25, -0.2) is 0 Å². The van der Waals surface area contributed by atoms with Crippen LogP contribution >= 0.6 is 11.8 Å². The van der Waals surface area contributed by atoms with Gasteiger partial charge in [-0.05, 0) is 43.4 Å². The van der Waals surface area contributed by atoms with Gasteiger partial charge < -0.3 is 10.5 Å². The maximum Gasteiger partial charge on any atom is 0.0693 e. The van der Waals surface area contributed by atoms with Crippen molar-refractivity contribution >= 4 is 11.8 Å². The largest absolute Gasteiger partial charge is 0.375 e. The molecule has 0 radical (unpaired) electrons.